The quantitative estimate of drug-likeness (QED) is 0.639. The van der Waals surface area contributed by atoms with Gasteiger partial charge in [0.2, 0.25) is 0 Å². The lowest BCUT2D eigenvalue weighted by Crippen LogP contribution is -2.45. The molecule has 0 saturated carbocycles. The molecule has 3 amide bonds. The van der Waals surface area contributed by atoms with Crippen LogP contribution in [-0.4, -0.2) is 47.9 Å². The Morgan fingerprint density at radius 3 is 2.13 bits per heavy atom. The fraction of sp³-hybridized carbons (Fsp3) is 0.364. The lowest BCUT2D eigenvalue weighted by Gasteiger charge is -2.39. The molecule has 2 fully saturated rings. The van der Waals surface area contributed by atoms with Gasteiger partial charge < -0.3 is 15.1 Å². The summed E-state index contributed by atoms with van der Waals surface area (Å²) in [5.74, 6) is -2.33. The summed E-state index contributed by atoms with van der Waals surface area (Å²) in [5.41, 5.74) is -0.0420. The van der Waals surface area contributed by atoms with Crippen LogP contribution in [-0.2, 0) is 0 Å². The van der Waals surface area contributed by atoms with E-state index in [1.54, 1.807) is 23.1 Å². The molecule has 1 spiro atoms. The van der Waals surface area contributed by atoms with Crippen molar-refractivity contribution in [2.75, 3.05) is 31.5 Å². The fourth-order valence-corrected chi connectivity index (χ4v) is 4.64. The van der Waals surface area contributed by atoms with Gasteiger partial charge in [-0.1, -0.05) is 29.3 Å². The molecule has 2 heterocycles. The van der Waals surface area contributed by atoms with Gasteiger partial charge in [-0.25, -0.2) is 13.6 Å². The number of amides is 3. The van der Waals surface area contributed by atoms with Crippen LogP contribution in [0.4, 0.5) is 19.3 Å². The third-order valence-electron chi connectivity index (χ3n) is 6.18. The standard InChI is InChI=1S/C22H21Cl2F2N3O2/c23-15-5-4-14(12-16(15)24)27-21(31)29-11-8-22(13-29)6-9-28(10-7-22)20(30)19-17(25)2-1-3-18(19)26/h1-5,12H,6-11,13H2,(H,27,31). The average Bonchev–Trinajstić information content (AvgIpc) is 3.15. The molecule has 0 radical (unpaired) electrons. The summed E-state index contributed by atoms with van der Waals surface area (Å²) in [6, 6.07) is 8.09. The van der Waals surface area contributed by atoms with Gasteiger partial charge in [0.15, 0.2) is 0 Å². The van der Waals surface area contributed by atoms with Crippen molar-refractivity contribution in [3.05, 3.63) is 63.6 Å². The van der Waals surface area contributed by atoms with E-state index >= 15 is 0 Å². The molecule has 0 unspecified atom stereocenters. The van der Waals surface area contributed by atoms with Gasteiger partial charge in [-0.3, -0.25) is 4.79 Å². The molecular weight excluding hydrogens is 447 g/mol. The largest absolute Gasteiger partial charge is 0.338 e. The van der Waals surface area contributed by atoms with Crippen LogP contribution in [0, 0.1) is 17.0 Å². The normalized spacial score (nSPS) is 17.8. The van der Waals surface area contributed by atoms with Crippen LogP contribution in [0.1, 0.15) is 29.6 Å². The van der Waals surface area contributed by atoms with Gasteiger partial charge in [-0.05, 0) is 55.0 Å². The number of piperidine rings is 1. The number of likely N-dealkylation sites (tertiary alicyclic amines) is 2. The minimum atomic E-state index is -0.851. The van der Waals surface area contributed by atoms with Gasteiger partial charge in [-0.2, -0.15) is 0 Å². The van der Waals surface area contributed by atoms with Gasteiger partial charge in [0.05, 0.1) is 10.0 Å². The zero-order valence-electron chi connectivity index (χ0n) is 16.6. The number of hydrogen-bond acceptors (Lipinski definition) is 2. The first-order chi connectivity index (χ1) is 14.8. The average molecular weight is 468 g/mol. The van der Waals surface area contributed by atoms with Crippen molar-refractivity contribution in [2.24, 2.45) is 5.41 Å². The van der Waals surface area contributed by atoms with E-state index < -0.39 is 23.1 Å². The third kappa shape index (κ3) is 4.48. The zero-order valence-corrected chi connectivity index (χ0v) is 18.1. The predicted octanol–water partition coefficient (Wildman–Crippen LogP) is 5.43. The van der Waals surface area contributed by atoms with Gasteiger partial charge in [0.1, 0.15) is 17.2 Å². The minimum absolute atomic E-state index is 0.0977. The smallest absolute Gasteiger partial charge is 0.321 e. The van der Waals surface area contributed by atoms with Gasteiger partial charge >= 0.3 is 6.03 Å². The molecule has 2 saturated heterocycles. The Bertz CT molecular complexity index is 1010. The van der Waals surface area contributed by atoms with Crippen LogP contribution in [0.25, 0.3) is 0 Å². The molecule has 0 aliphatic carbocycles. The first-order valence-electron chi connectivity index (χ1n) is 10.0. The Balaban J connectivity index is 1.36. The molecule has 164 valence electrons. The second-order valence-electron chi connectivity index (χ2n) is 8.12. The zero-order chi connectivity index (χ0) is 22.2. The summed E-state index contributed by atoms with van der Waals surface area (Å²) in [7, 11) is 0. The summed E-state index contributed by atoms with van der Waals surface area (Å²) in [5, 5.41) is 3.61. The number of carbonyl (C=O) groups is 2. The molecule has 0 atom stereocenters. The van der Waals surface area contributed by atoms with Gasteiger partial charge in [0, 0.05) is 31.9 Å². The first-order valence-corrected chi connectivity index (χ1v) is 10.8. The van der Waals surface area contributed by atoms with Gasteiger partial charge in [0.25, 0.3) is 5.91 Å². The maximum atomic E-state index is 14.0. The summed E-state index contributed by atoms with van der Waals surface area (Å²) < 4.78 is 27.9. The monoisotopic (exact) mass is 467 g/mol. The van der Waals surface area contributed by atoms with Crippen molar-refractivity contribution in [2.45, 2.75) is 19.3 Å². The molecule has 2 aliphatic heterocycles. The van der Waals surface area contributed by atoms with Crippen LogP contribution in [0.3, 0.4) is 0 Å². The molecule has 9 heteroatoms. The van der Waals surface area contributed by atoms with Crippen molar-refractivity contribution in [1.82, 2.24) is 9.80 Å². The number of nitrogens with one attached hydrogen (secondary N) is 1. The Kier molecular flexibility index (Phi) is 6.08. The summed E-state index contributed by atoms with van der Waals surface area (Å²) in [4.78, 5) is 28.5. The highest BCUT2D eigenvalue weighted by Crippen LogP contribution is 2.41. The van der Waals surface area contributed by atoms with E-state index in [4.69, 9.17) is 23.2 Å². The Morgan fingerprint density at radius 2 is 1.52 bits per heavy atom. The summed E-state index contributed by atoms with van der Waals surface area (Å²) in [6.07, 6.45) is 2.16. The maximum absolute atomic E-state index is 14.0. The topological polar surface area (TPSA) is 52.7 Å². The van der Waals surface area contributed by atoms with Crippen molar-refractivity contribution >= 4 is 40.8 Å². The molecular formula is C22H21Cl2F2N3O2. The number of urea groups is 1. The number of hydrogen-bond donors (Lipinski definition) is 1. The fourth-order valence-electron chi connectivity index (χ4n) is 4.34. The Labute approximate surface area is 188 Å². The lowest BCUT2D eigenvalue weighted by molar-refractivity contribution is 0.0585. The molecule has 1 N–H and O–H groups in total. The second kappa shape index (κ2) is 8.63. The van der Waals surface area contributed by atoms with E-state index in [9.17, 15) is 18.4 Å². The molecule has 4 rings (SSSR count). The first kappa shape index (κ1) is 21.8. The Hall–Kier alpha value is -2.38. The summed E-state index contributed by atoms with van der Waals surface area (Å²) in [6.45, 7) is 1.96. The highest BCUT2D eigenvalue weighted by molar-refractivity contribution is 6.42. The number of benzene rings is 2. The number of halogens is 4. The van der Waals surface area contributed by atoms with Crippen LogP contribution in [0.2, 0.25) is 10.0 Å². The molecule has 2 aromatic rings. The highest BCUT2D eigenvalue weighted by atomic mass is 35.5. The summed E-state index contributed by atoms with van der Waals surface area (Å²) >= 11 is 11.9. The van der Waals surface area contributed by atoms with E-state index in [-0.39, 0.29) is 11.4 Å². The van der Waals surface area contributed by atoms with E-state index in [2.05, 4.69) is 5.32 Å². The van der Waals surface area contributed by atoms with Crippen molar-refractivity contribution in [1.29, 1.82) is 0 Å². The van der Waals surface area contributed by atoms with Crippen molar-refractivity contribution < 1.29 is 18.4 Å². The van der Waals surface area contributed by atoms with Crippen molar-refractivity contribution in [3.63, 3.8) is 0 Å². The van der Waals surface area contributed by atoms with Crippen molar-refractivity contribution in [3.8, 4) is 0 Å². The predicted molar refractivity (Wildman–Crippen MR) is 116 cm³/mol. The van der Waals surface area contributed by atoms with Crippen LogP contribution in [0.5, 0.6) is 0 Å². The Morgan fingerprint density at radius 1 is 0.903 bits per heavy atom. The molecule has 2 aliphatic rings. The number of nitrogens with zero attached hydrogens (tertiary/aromatic N) is 2. The van der Waals surface area contributed by atoms with E-state index in [1.807, 2.05) is 0 Å². The van der Waals surface area contributed by atoms with E-state index in [1.165, 1.54) is 11.0 Å². The molecule has 31 heavy (non-hydrogen) atoms. The highest BCUT2D eigenvalue weighted by Gasteiger charge is 2.43. The van der Waals surface area contributed by atoms with Gasteiger partial charge in [-0.15, -0.1) is 0 Å². The van der Waals surface area contributed by atoms with Crippen LogP contribution in [0.15, 0.2) is 36.4 Å². The number of anilines is 1. The molecule has 0 bridgehead atoms. The van der Waals surface area contributed by atoms with E-state index in [0.717, 1.165) is 18.6 Å². The number of rotatable bonds is 2. The maximum Gasteiger partial charge on any atom is 0.321 e. The minimum Gasteiger partial charge on any atom is -0.338 e. The molecule has 2 aromatic carbocycles. The van der Waals surface area contributed by atoms with Crippen LogP contribution >= 0.6 is 23.2 Å². The van der Waals surface area contributed by atoms with Crippen LogP contribution < -0.4 is 5.32 Å². The second-order valence-corrected chi connectivity index (χ2v) is 8.93. The third-order valence-corrected chi connectivity index (χ3v) is 6.92. The van der Waals surface area contributed by atoms with E-state index in [0.29, 0.717) is 54.8 Å². The molecule has 5 nitrogen and oxygen atoms in total. The lowest BCUT2D eigenvalue weighted by atomic mass is 9.77. The SMILES string of the molecule is O=C(Nc1ccc(Cl)c(Cl)c1)N1CCC2(CCN(C(=O)c3c(F)cccc3F)CC2)C1. The number of carbonyl (C=O) groups excluding carboxylic acids is 2. The molecule has 0 aromatic heterocycles.